The molecular weight excluding hydrogens is 434 g/mol. The van der Waals surface area contributed by atoms with E-state index in [4.69, 9.17) is 0 Å². The summed E-state index contributed by atoms with van der Waals surface area (Å²) in [5, 5.41) is 4.65. The van der Waals surface area contributed by atoms with Gasteiger partial charge in [0.2, 0.25) is 5.91 Å². The molecule has 0 radical (unpaired) electrons. The fourth-order valence-electron chi connectivity index (χ4n) is 4.73. The third-order valence-corrected chi connectivity index (χ3v) is 7.44. The molecule has 170 valence electrons. The summed E-state index contributed by atoms with van der Waals surface area (Å²) < 4.78 is 0.959. The molecule has 2 amide bonds. The van der Waals surface area contributed by atoms with Crippen LogP contribution < -0.4 is 5.32 Å². The molecule has 5 rings (SSSR count). The van der Waals surface area contributed by atoms with Gasteiger partial charge in [-0.3, -0.25) is 14.6 Å². The minimum Gasteiger partial charge on any atom is -0.359 e. The maximum Gasteiger partial charge on any atom is 0.264 e. The molecular formula is C25H27N5O2S. The molecule has 1 unspecified atom stereocenters. The van der Waals surface area contributed by atoms with Crippen LogP contribution >= 0.6 is 11.3 Å². The number of pyridine rings is 1. The molecule has 4 heterocycles. The summed E-state index contributed by atoms with van der Waals surface area (Å²) in [6.45, 7) is 7.53. The van der Waals surface area contributed by atoms with E-state index in [1.165, 1.54) is 11.3 Å². The van der Waals surface area contributed by atoms with Gasteiger partial charge in [0.05, 0.1) is 26.8 Å². The molecule has 33 heavy (non-hydrogen) atoms. The molecule has 0 saturated carbocycles. The number of hydrogen-bond donors (Lipinski definition) is 2. The Bertz CT molecular complexity index is 1360. The summed E-state index contributed by atoms with van der Waals surface area (Å²) in [5.41, 5.74) is 4.97. The Hall–Kier alpha value is -3.39. The number of benzene rings is 1. The molecule has 1 atom stereocenters. The summed E-state index contributed by atoms with van der Waals surface area (Å²) in [4.78, 5) is 37.4. The Morgan fingerprint density at radius 1 is 1.27 bits per heavy atom. The number of H-pyrrole nitrogens is 1. The number of amides is 2. The van der Waals surface area contributed by atoms with Crippen molar-refractivity contribution in [1.82, 2.24) is 19.8 Å². The lowest BCUT2D eigenvalue weighted by Gasteiger charge is -2.26. The smallest absolute Gasteiger partial charge is 0.264 e. The van der Waals surface area contributed by atoms with Crippen LogP contribution in [0.15, 0.2) is 42.6 Å². The Morgan fingerprint density at radius 3 is 2.91 bits per heavy atom. The van der Waals surface area contributed by atoms with Crippen LogP contribution in [0, 0.1) is 6.92 Å². The van der Waals surface area contributed by atoms with Gasteiger partial charge in [0, 0.05) is 55.0 Å². The van der Waals surface area contributed by atoms with Crippen molar-refractivity contribution >= 4 is 55.6 Å². The SMILES string of the molecule is CCN(C(C)=O)C1CCN(C(=O)c2cc3nccc(Nc4ccc5[nH]c(C)cc5c4)c3s2)C1. The Labute approximate surface area is 196 Å². The second kappa shape index (κ2) is 8.51. The number of thiophene rings is 1. The van der Waals surface area contributed by atoms with Gasteiger partial charge in [-0.1, -0.05) is 0 Å². The topological polar surface area (TPSA) is 81.3 Å². The number of likely N-dealkylation sites (N-methyl/N-ethyl adjacent to an activating group) is 1. The molecule has 7 nitrogen and oxygen atoms in total. The average molecular weight is 462 g/mol. The predicted octanol–water partition coefficient (Wildman–Crippen LogP) is 4.91. The second-order valence-electron chi connectivity index (χ2n) is 8.56. The van der Waals surface area contributed by atoms with Crippen molar-refractivity contribution in [3.05, 3.63) is 53.2 Å². The minimum absolute atomic E-state index is 0.00951. The molecule has 8 heteroatoms. The van der Waals surface area contributed by atoms with E-state index in [2.05, 4.69) is 33.5 Å². The lowest BCUT2D eigenvalue weighted by molar-refractivity contribution is -0.130. The van der Waals surface area contributed by atoms with Gasteiger partial charge in [0.15, 0.2) is 0 Å². The highest BCUT2D eigenvalue weighted by molar-refractivity contribution is 7.21. The van der Waals surface area contributed by atoms with Crippen LogP contribution in [0.4, 0.5) is 11.4 Å². The number of likely N-dealkylation sites (tertiary alicyclic amines) is 1. The highest BCUT2D eigenvalue weighted by Gasteiger charge is 2.32. The van der Waals surface area contributed by atoms with E-state index in [1.807, 2.05) is 41.8 Å². The van der Waals surface area contributed by atoms with Crippen molar-refractivity contribution in [2.75, 3.05) is 25.0 Å². The van der Waals surface area contributed by atoms with Crippen molar-refractivity contribution in [3.8, 4) is 0 Å². The van der Waals surface area contributed by atoms with Crippen molar-refractivity contribution in [2.24, 2.45) is 0 Å². The lowest BCUT2D eigenvalue weighted by atomic mass is 10.2. The van der Waals surface area contributed by atoms with Crippen LogP contribution in [0.1, 0.15) is 35.6 Å². The molecule has 0 aliphatic carbocycles. The van der Waals surface area contributed by atoms with E-state index in [9.17, 15) is 9.59 Å². The van der Waals surface area contributed by atoms with Crippen molar-refractivity contribution in [1.29, 1.82) is 0 Å². The minimum atomic E-state index is 0.00951. The van der Waals surface area contributed by atoms with Gasteiger partial charge in [0.1, 0.15) is 0 Å². The van der Waals surface area contributed by atoms with Gasteiger partial charge in [-0.15, -0.1) is 11.3 Å². The van der Waals surface area contributed by atoms with E-state index in [0.29, 0.717) is 24.5 Å². The zero-order valence-corrected chi connectivity index (χ0v) is 19.8. The first-order valence-corrected chi connectivity index (χ1v) is 12.1. The number of aryl methyl sites for hydroxylation is 1. The van der Waals surface area contributed by atoms with Crippen LogP contribution in [-0.2, 0) is 4.79 Å². The standard InChI is InChI=1S/C25H27N5O2S/c1-4-30(16(3)31)19-8-10-29(14-19)25(32)23-13-22-24(33-23)21(7-9-26-22)28-18-5-6-20-17(12-18)11-15(2)27-20/h5-7,9,11-13,19,27H,4,8,10,14H2,1-3H3,(H,26,28). The molecule has 0 spiro atoms. The van der Waals surface area contributed by atoms with Crippen LogP contribution in [0.25, 0.3) is 21.1 Å². The Kier molecular flexibility index (Phi) is 5.54. The number of anilines is 2. The number of hydrogen-bond acceptors (Lipinski definition) is 5. The fourth-order valence-corrected chi connectivity index (χ4v) is 5.78. The third kappa shape index (κ3) is 4.06. The maximum atomic E-state index is 13.2. The average Bonchev–Trinajstić information content (AvgIpc) is 3.51. The van der Waals surface area contributed by atoms with Gasteiger partial charge in [-0.25, -0.2) is 0 Å². The Balaban J connectivity index is 1.38. The summed E-state index contributed by atoms with van der Waals surface area (Å²) >= 11 is 1.46. The summed E-state index contributed by atoms with van der Waals surface area (Å²) in [6, 6.07) is 12.3. The van der Waals surface area contributed by atoms with Gasteiger partial charge in [0.25, 0.3) is 5.91 Å². The van der Waals surface area contributed by atoms with Gasteiger partial charge >= 0.3 is 0 Å². The number of aromatic nitrogens is 2. The molecule has 4 aromatic rings. The van der Waals surface area contributed by atoms with Gasteiger partial charge in [-0.05, 0) is 56.7 Å². The number of nitrogens with zero attached hydrogens (tertiary/aromatic N) is 3. The zero-order valence-electron chi connectivity index (χ0n) is 19.0. The molecule has 1 aliphatic heterocycles. The molecule has 0 bridgehead atoms. The zero-order chi connectivity index (χ0) is 23.1. The van der Waals surface area contributed by atoms with Crippen molar-refractivity contribution in [3.63, 3.8) is 0 Å². The van der Waals surface area contributed by atoms with E-state index in [-0.39, 0.29) is 17.9 Å². The summed E-state index contributed by atoms with van der Waals surface area (Å²) in [7, 11) is 0. The van der Waals surface area contributed by atoms with Gasteiger partial charge in [-0.2, -0.15) is 0 Å². The molecule has 1 saturated heterocycles. The first kappa shape index (κ1) is 21.5. The number of rotatable bonds is 5. The fraction of sp³-hybridized carbons (Fsp3) is 0.320. The highest BCUT2D eigenvalue weighted by atomic mass is 32.1. The van der Waals surface area contributed by atoms with Crippen molar-refractivity contribution < 1.29 is 9.59 Å². The highest BCUT2D eigenvalue weighted by Crippen LogP contribution is 2.34. The van der Waals surface area contributed by atoms with E-state index >= 15 is 0 Å². The first-order chi connectivity index (χ1) is 15.9. The molecule has 3 aromatic heterocycles. The maximum absolute atomic E-state index is 13.2. The number of nitrogens with one attached hydrogen (secondary N) is 2. The normalized spacial score (nSPS) is 16.0. The van der Waals surface area contributed by atoms with Crippen molar-refractivity contribution in [2.45, 2.75) is 33.2 Å². The Morgan fingerprint density at radius 2 is 2.12 bits per heavy atom. The molecule has 1 aliphatic rings. The molecule has 2 N–H and O–H groups in total. The van der Waals surface area contributed by atoms with E-state index in [0.717, 1.165) is 44.6 Å². The van der Waals surface area contributed by atoms with Crippen LogP contribution in [0.2, 0.25) is 0 Å². The van der Waals surface area contributed by atoms with E-state index in [1.54, 1.807) is 13.1 Å². The number of carbonyl (C=O) groups is 2. The predicted molar refractivity (Wildman–Crippen MR) is 133 cm³/mol. The van der Waals surface area contributed by atoms with Crippen LogP contribution in [0.5, 0.6) is 0 Å². The lowest BCUT2D eigenvalue weighted by Crippen LogP contribution is -2.41. The number of aromatic amines is 1. The summed E-state index contributed by atoms with van der Waals surface area (Å²) in [6.07, 6.45) is 2.58. The first-order valence-electron chi connectivity index (χ1n) is 11.2. The third-order valence-electron chi connectivity index (χ3n) is 6.29. The molecule has 1 aromatic carbocycles. The number of carbonyl (C=O) groups excluding carboxylic acids is 2. The van der Waals surface area contributed by atoms with E-state index < -0.39 is 0 Å². The number of fused-ring (bicyclic) bond motifs is 2. The van der Waals surface area contributed by atoms with Gasteiger partial charge < -0.3 is 20.1 Å². The van der Waals surface area contributed by atoms with Crippen LogP contribution in [-0.4, -0.2) is 57.3 Å². The monoisotopic (exact) mass is 461 g/mol. The second-order valence-corrected chi connectivity index (χ2v) is 9.61. The molecule has 1 fully saturated rings. The summed E-state index contributed by atoms with van der Waals surface area (Å²) in [5.74, 6) is 0.0711. The van der Waals surface area contributed by atoms with Crippen LogP contribution in [0.3, 0.4) is 0 Å². The quantitative estimate of drug-likeness (QED) is 0.442. The largest absolute Gasteiger partial charge is 0.359 e.